The van der Waals surface area contributed by atoms with E-state index >= 15 is 0 Å². The highest BCUT2D eigenvalue weighted by molar-refractivity contribution is 5.32. The first kappa shape index (κ1) is 15.3. The lowest BCUT2D eigenvalue weighted by molar-refractivity contribution is 0.300. The third kappa shape index (κ3) is 4.45. The number of benzene rings is 1. The zero-order chi connectivity index (χ0) is 15.3. The van der Waals surface area contributed by atoms with E-state index in [1.807, 2.05) is 19.1 Å². The van der Waals surface area contributed by atoms with Gasteiger partial charge in [-0.1, -0.05) is 32.9 Å². The molecule has 0 bridgehead atoms. The van der Waals surface area contributed by atoms with E-state index in [2.05, 4.69) is 48.2 Å². The van der Waals surface area contributed by atoms with Gasteiger partial charge in [0.25, 0.3) is 0 Å². The van der Waals surface area contributed by atoms with Gasteiger partial charge in [0, 0.05) is 6.54 Å². The first-order valence-electron chi connectivity index (χ1n) is 7.27. The van der Waals surface area contributed by atoms with E-state index in [0.29, 0.717) is 6.61 Å². The van der Waals surface area contributed by atoms with Crippen molar-refractivity contribution in [2.45, 2.75) is 39.7 Å². The van der Waals surface area contributed by atoms with Gasteiger partial charge in [-0.05, 0) is 30.0 Å². The van der Waals surface area contributed by atoms with Crippen LogP contribution in [-0.2, 0) is 12.0 Å². The molecule has 2 rings (SSSR count). The molecule has 1 aromatic carbocycles. The number of nitrogens with zero attached hydrogens (tertiary/aromatic N) is 2. The Morgan fingerprint density at radius 1 is 1.05 bits per heavy atom. The fourth-order valence-electron chi connectivity index (χ4n) is 1.91. The first-order chi connectivity index (χ1) is 9.99. The molecule has 0 aliphatic carbocycles. The van der Waals surface area contributed by atoms with Crippen molar-refractivity contribution in [3.8, 4) is 5.75 Å². The molecule has 0 spiro atoms. The summed E-state index contributed by atoms with van der Waals surface area (Å²) in [6.45, 7) is 9.89. The molecule has 0 radical (unpaired) electrons. The number of nitrogens with one attached hydrogen (secondary N) is 1. The van der Waals surface area contributed by atoms with E-state index < -0.39 is 0 Å². The molecule has 1 heterocycles. The van der Waals surface area contributed by atoms with Gasteiger partial charge in [0.2, 0.25) is 0 Å². The molecule has 0 saturated carbocycles. The SMILES string of the molecule is CCNc1cnc(COc2ccc(C(C)(C)C)cc2)cn1. The van der Waals surface area contributed by atoms with Crippen molar-refractivity contribution in [2.75, 3.05) is 11.9 Å². The van der Waals surface area contributed by atoms with Crippen molar-refractivity contribution >= 4 is 5.82 Å². The van der Waals surface area contributed by atoms with E-state index in [4.69, 9.17) is 4.74 Å². The Hall–Kier alpha value is -2.10. The summed E-state index contributed by atoms with van der Waals surface area (Å²) in [7, 11) is 0. The van der Waals surface area contributed by atoms with Crippen molar-refractivity contribution in [1.82, 2.24) is 9.97 Å². The van der Waals surface area contributed by atoms with Gasteiger partial charge < -0.3 is 10.1 Å². The second-order valence-electron chi connectivity index (χ2n) is 5.99. The first-order valence-corrected chi connectivity index (χ1v) is 7.27. The highest BCUT2D eigenvalue weighted by Crippen LogP contribution is 2.24. The molecule has 0 amide bonds. The van der Waals surface area contributed by atoms with Crippen molar-refractivity contribution in [1.29, 1.82) is 0 Å². The second-order valence-corrected chi connectivity index (χ2v) is 5.99. The molecule has 4 nitrogen and oxygen atoms in total. The molecule has 0 aliphatic heterocycles. The number of hydrogen-bond donors (Lipinski definition) is 1. The Bertz CT molecular complexity index is 556. The molecular formula is C17H23N3O. The smallest absolute Gasteiger partial charge is 0.144 e. The van der Waals surface area contributed by atoms with Crippen molar-refractivity contribution in [2.24, 2.45) is 0 Å². The molecular weight excluding hydrogens is 262 g/mol. The fraction of sp³-hybridized carbons (Fsp3) is 0.412. The van der Waals surface area contributed by atoms with Gasteiger partial charge in [-0.2, -0.15) is 0 Å². The zero-order valence-corrected chi connectivity index (χ0v) is 13.2. The van der Waals surface area contributed by atoms with Crippen LogP contribution in [0.25, 0.3) is 0 Å². The van der Waals surface area contributed by atoms with Crippen LogP contribution >= 0.6 is 0 Å². The lowest BCUT2D eigenvalue weighted by Gasteiger charge is -2.19. The van der Waals surface area contributed by atoms with Gasteiger partial charge in [-0.3, -0.25) is 4.98 Å². The standard InChI is InChI=1S/C17H23N3O/c1-5-18-16-11-19-14(10-20-16)12-21-15-8-6-13(7-9-15)17(2,3)4/h6-11H,5,12H2,1-4H3,(H,18,20). The summed E-state index contributed by atoms with van der Waals surface area (Å²) >= 11 is 0. The number of aromatic nitrogens is 2. The number of hydrogen-bond acceptors (Lipinski definition) is 4. The van der Waals surface area contributed by atoms with Crippen LogP contribution in [0.15, 0.2) is 36.7 Å². The zero-order valence-electron chi connectivity index (χ0n) is 13.2. The molecule has 112 valence electrons. The van der Waals surface area contributed by atoms with Gasteiger partial charge in [0.15, 0.2) is 0 Å². The third-order valence-electron chi connectivity index (χ3n) is 3.17. The minimum atomic E-state index is 0.159. The molecule has 4 heteroatoms. The van der Waals surface area contributed by atoms with Gasteiger partial charge in [-0.25, -0.2) is 4.98 Å². The largest absolute Gasteiger partial charge is 0.487 e. The predicted octanol–water partition coefficient (Wildman–Crippen LogP) is 3.78. The lowest BCUT2D eigenvalue weighted by atomic mass is 9.87. The minimum Gasteiger partial charge on any atom is -0.487 e. The monoisotopic (exact) mass is 285 g/mol. The van der Waals surface area contributed by atoms with E-state index in [9.17, 15) is 0 Å². The van der Waals surface area contributed by atoms with E-state index in [-0.39, 0.29) is 5.41 Å². The van der Waals surface area contributed by atoms with Gasteiger partial charge in [-0.15, -0.1) is 0 Å². The quantitative estimate of drug-likeness (QED) is 0.908. The molecule has 1 N–H and O–H groups in total. The summed E-state index contributed by atoms with van der Waals surface area (Å²) < 4.78 is 5.74. The molecule has 0 atom stereocenters. The van der Waals surface area contributed by atoms with Crippen LogP contribution < -0.4 is 10.1 Å². The van der Waals surface area contributed by atoms with Crippen LogP contribution in [0, 0.1) is 0 Å². The highest BCUT2D eigenvalue weighted by Gasteiger charge is 2.12. The Labute approximate surface area is 126 Å². The summed E-state index contributed by atoms with van der Waals surface area (Å²) in [6, 6.07) is 8.21. The summed E-state index contributed by atoms with van der Waals surface area (Å²) in [5.41, 5.74) is 2.27. The minimum absolute atomic E-state index is 0.159. The van der Waals surface area contributed by atoms with Gasteiger partial charge in [0.05, 0.1) is 18.1 Å². The van der Waals surface area contributed by atoms with Crippen LogP contribution in [0.5, 0.6) is 5.75 Å². The molecule has 0 saturated heterocycles. The summed E-state index contributed by atoms with van der Waals surface area (Å²) in [6.07, 6.45) is 3.46. The normalized spacial score (nSPS) is 11.2. The van der Waals surface area contributed by atoms with Crippen LogP contribution in [0.1, 0.15) is 39.0 Å². The van der Waals surface area contributed by atoms with Crippen molar-refractivity contribution in [3.05, 3.63) is 47.9 Å². The molecule has 0 aliphatic rings. The number of anilines is 1. The molecule has 2 aromatic rings. The Morgan fingerprint density at radius 3 is 2.29 bits per heavy atom. The van der Waals surface area contributed by atoms with E-state index in [1.165, 1.54) is 5.56 Å². The Balaban J connectivity index is 1.93. The second kappa shape index (κ2) is 6.57. The maximum Gasteiger partial charge on any atom is 0.144 e. The summed E-state index contributed by atoms with van der Waals surface area (Å²) in [5.74, 6) is 1.64. The molecule has 0 fully saturated rings. The Morgan fingerprint density at radius 2 is 1.76 bits per heavy atom. The van der Waals surface area contributed by atoms with E-state index in [0.717, 1.165) is 23.8 Å². The Kier molecular flexibility index (Phi) is 4.78. The predicted molar refractivity (Wildman–Crippen MR) is 85.7 cm³/mol. The topological polar surface area (TPSA) is 47.0 Å². The van der Waals surface area contributed by atoms with Crippen LogP contribution in [0.2, 0.25) is 0 Å². The average molecular weight is 285 g/mol. The lowest BCUT2D eigenvalue weighted by Crippen LogP contribution is -2.10. The molecule has 1 aromatic heterocycles. The van der Waals surface area contributed by atoms with Crippen LogP contribution in [-0.4, -0.2) is 16.5 Å². The summed E-state index contributed by atoms with van der Waals surface area (Å²) in [4.78, 5) is 8.59. The maximum absolute atomic E-state index is 5.74. The molecule has 0 unspecified atom stereocenters. The fourth-order valence-corrected chi connectivity index (χ4v) is 1.91. The van der Waals surface area contributed by atoms with Gasteiger partial charge >= 0.3 is 0 Å². The van der Waals surface area contributed by atoms with Crippen LogP contribution in [0.3, 0.4) is 0 Å². The average Bonchev–Trinajstić information content (AvgIpc) is 2.46. The van der Waals surface area contributed by atoms with Crippen molar-refractivity contribution < 1.29 is 4.74 Å². The highest BCUT2D eigenvalue weighted by atomic mass is 16.5. The number of ether oxygens (including phenoxy) is 1. The number of rotatable bonds is 5. The molecule has 21 heavy (non-hydrogen) atoms. The third-order valence-corrected chi connectivity index (χ3v) is 3.17. The van der Waals surface area contributed by atoms with Crippen LogP contribution in [0.4, 0.5) is 5.82 Å². The van der Waals surface area contributed by atoms with Crippen molar-refractivity contribution in [3.63, 3.8) is 0 Å². The summed E-state index contributed by atoms with van der Waals surface area (Å²) in [5, 5.41) is 3.11. The van der Waals surface area contributed by atoms with Gasteiger partial charge in [0.1, 0.15) is 18.2 Å². The van der Waals surface area contributed by atoms with E-state index in [1.54, 1.807) is 12.4 Å². The maximum atomic E-state index is 5.74.